The van der Waals surface area contributed by atoms with Crippen molar-refractivity contribution in [1.29, 1.82) is 0 Å². The summed E-state index contributed by atoms with van der Waals surface area (Å²) in [7, 11) is -3.03. The Morgan fingerprint density at radius 2 is 2.05 bits per heavy atom. The van der Waals surface area contributed by atoms with Gasteiger partial charge in [-0.2, -0.15) is 0 Å². The molecular weight excluding hydrogens is 274 g/mol. The summed E-state index contributed by atoms with van der Waals surface area (Å²) in [5.74, 6) is 0.781. The molecule has 0 saturated heterocycles. The van der Waals surface area contributed by atoms with Gasteiger partial charge in [0.15, 0.2) is 9.84 Å². The number of hydrogen-bond donors (Lipinski definition) is 1. The normalized spacial score (nSPS) is 11.8. The zero-order valence-electron chi connectivity index (χ0n) is 12.6. The van der Waals surface area contributed by atoms with Gasteiger partial charge in [-0.05, 0) is 44.5 Å². The number of nitrogens with one attached hydrogen (secondary N) is 1. The van der Waals surface area contributed by atoms with Gasteiger partial charge in [0.05, 0.1) is 11.0 Å². The third-order valence-corrected chi connectivity index (χ3v) is 5.18. The maximum Gasteiger partial charge on any atom is 0.155 e. The van der Waals surface area contributed by atoms with Gasteiger partial charge >= 0.3 is 0 Å². The first kappa shape index (κ1) is 17.0. The Labute approximate surface area is 122 Å². The Morgan fingerprint density at radius 1 is 1.30 bits per heavy atom. The number of hydrogen-bond acceptors (Lipinski definition) is 4. The minimum Gasteiger partial charge on any atom is -0.493 e. The molecule has 0 aliphatic rings. The van der Waals surface area contributed by atoms with Gasteiger partial charge in [-0.3, -0.25) is 0 Å². The van der Waals surface area contributed by atoms with Crippen LogP contribution in [0.1, 0.15) is 32.8 Å². The Bertz CT molecular complexity index is 498. The van der Waals surface area contributed by atoms with Gasteiger partial charge in [0, 0.05) is 6.54 Å². The molecule has 1 aromatic carbocycles. The summed E-state index contributed by atoms with van der Waals surface area (Å²) in [6.07, 6.45) is 1.10. The molecule has 1 rings (SSSR count). The van der Waals surface area contributed by atoms with Crippen molar-refractivity contribution < 1.29 is 13.2 Å². The molecule has 1 N–H and O–H groups in total. The monoisotopic (exact) mass is 299 g/mol. The SMILES string of the molecule is CCCNCc1cccc(OCCS(=O)(=O)C(C)C)c1. The summed E-state index contributed by atoms with van der Waals surface area (Å²) < 4.78 is 28.9. The van der Waals surface area contributed by atoms with Gasteiger partial charge < -0.3 is 10.1 Å². The van der Waals surface area contributed by atoms with Crippen molar-refractivity contribution >= 4 is 9.84 Å². The molecule has 4 nitrogen and oxygen atoms in total. The highest BCUT2D eigenvalue weighted by Gasteiger charge is 2.15. The molecule has 0 unspecified atom stereocenters. The molecule has 0 aliphatic carbocycles. The smallest absolute Gasteiger partial charge is 0.155 e. The lowest BCUT2D eigenvalue weighted by molar-refractivity contribution is 0.340. The average Bonchev–Trinajstić information content (AvgIpc) is 2.39. The molecule has 5 heteroatoms. The zero-order valence-corrected chi connectivity index (χ0v) is 13.4. The van der Waals surface area contributed by atoms with E-state index in [4.69, 9.17) is 4.74 Å². The predicted octanol–water partition coefficient (Wildman–Crippen LogP) is 2.39. The fourth-order valence-corrected chi connectivity index (χ4v) is 2.45. The van der Waals surface area contributed by atoms with Crippen molar-refractivity contribution in [1.82, 2.24) is 5.32 Å². The molecule has 0 amide bonds. The first-order valence-corrected chi connectivity index (χ1v) is 8.81. The molecular formula is C15H25NO3S. The van der Waals surface area contributed by atoms with E-state index < -0.39 is 9.84 Å². The van der Waals surface area contributed by atoms with Crippen LogP contribution >= 0.6 is 0 Å². The van der Waals surface area contributed by atoms with Crippen molar-refractivity contribution in [2.24, 2.45) is 0 Å². The van der Waals surface area contributed by atoms with Crippen LogP contribution in [-0.2, 0) is 16.4 Å². The summed E-state index contributed by atoms with van der Waals surface area (Å²) in [6, 6.07) is 7.76. The molecule has 0 atom stereocenters. The molecule has 0 fully saturated rings. The molecule has 0 bridgehead atoms. The van der Waals surface area contributed by atoms with Crippen molar-refractivity contribution in [3.05, 3.63) is 29.8 Å². The fourth-order valence-electron chi connectivity index (χ4n) is 1.67. The molecule has 0 spiro atoms. The van der Waals surface area contributed by atoms with Crippen molar-refractivity contribution in [2.45, 2.75) is 39.0 Å². The quantitative estimate of drug-likeness (QED) is 0.711. The molecule has 0 heterocycles. The van der Waals surface area contributed by atoms with E-state index in [0.717, 1.165) is 30.8 Å². The van der Waals surface area contributed by atoms with Crippen LogP contribution < -0.4 is 10.1 Å². The van der Waals surface area contributed by atoms with Gasteiger partial charge in [-0.25, -0.2) is 8.42 Å². The van der Waals surface area contributed by atoms with Crippen molar-refractivity contribution in [3.63, 3.8) is 0 Å². The van der Waals surface area contributed by atoms with Gasteiger partial charge in [-0.1, -0.05) is 19.1 Å². The highest BCUT2D eigenvalue weighted by Crippen LogP contribution is 2.13. The van der Waals surface area contributed by atoms with Crippen LogP contribution in [0.3, 0.4) is 0 Å². The molecule has 1 aromatic rings. The third-order valence-electron chi connectivity index (χ3n) is 3.01. The Morgan fingerprint density at radius 3 is 2.70 bits per heavy atom. The van der Waals surface area contributed by atoms with Gasteiger partial charge in [-0.15, -0.1) is 0 Å². The van der Waals surface area contributed by atoms with Crippen LogP contribution in [0, 0.1) is 0 Å². The van der Waals surface area contributed by atoms with E-state index >= 15 is 0 Å². The van der Waals surface area contributed by atoms with E-state index in [2.05, 4.69) is 12.2 Å². The first-order chi connectivity index (χ1) is 9.45. The lowest BCUT2D eigenvalue weighted by atomic mass is 10.2. The molecule has 0 aromatic heterocycles. The second kappa shape index (κ2) is 8.27. The standard InChI is InChI=1S/C15H25NO3S/c1-4-8-16-12-14-6-5-7-15(11-14)19-9-10-20(17,18)13(2)3/h5-7,11,13,16H,4,8-10,12H2,1-3H3. The number of sulfone groups is 1. The summed E-state index contributed by atoms with van der Waals surface area (Å²) in [5, 5.41) is 2.97. The van der Waals surface area contributed by atoms with E-state index in [9.17, 15) is 8.42 Å². The Hall–Kier alpha value is -1.07. The van der Waals surface area contributed by atoms with Crippen molar-refractivity contribution in [2.75, 3.05) is 18.9 Å². The largest absolute Gasteiger partial charge is 0.493 e. The summed E-state index contributed by atoms with van der Waals surface area (Å²) >= 11 is 0. The molecule has 0 radical (unpaired) electrons. The highest BCUT2D eigenvalue weighted by atomic mass is 32.2. The molecule has 20 heavy (non-hydrogen) atoms. The van der Waals surface area contributed by atoms with Crippen LogP contribution in [-0.4, -0.2) is 32.6 Å². The lowest BCUT2D eigenvalue weighted by Crippen LogP contribution is -2.22. The van der Waals surface area contributed by atoms with E-state index in [1.165, 1.54) is 0 Å². The number of rotatable bonds is 9. The predicted molar refractivity (Wildman–Crippen MR) is 82.9 cm³/mol. The van der Waals surface area contributed by atoms with Gasteiger partial charge in [0.25, 0.3) is 0 Å². The molecule has 0 aliphatic heterocycles. The Kier molecular flexibility index (Phi) is 7.02. The maximum absolute atomic E-state index is 11.7. The van der Waals surface area contributed by atoms with Gasteiger partial charge in [0.2, 0.25) is 0 Å². The number of ether oxygens (including phenoxy) is 1. The van der Waals surface area contributed by atoms with Crippen molar-refractivity contribution in [3.8, 4) is 5.75 Å². The van der Waals surface area contributed by atoms with E-state index in [1.54, 1.807) is 13.8 Å². The summed E-state index contributed by atoms with van der Waals surface area (Å²) in [4.78, 5) is 0. The van der Waals surface area contributed by atoms with Crippen LogP contribution in [0.15, 0.2) is 24.3 Å². The summed E-state index contributed by atoms with van der Waals surface area (Å²) in [5.41, 5.74) is 1.14. The van der Waals surface area contributed by atoms with Crippen LogP contribution in [0.2, 0.25) is 0 Å². The second-order valence-corrected chi connectivity index (χ2v) is 7.77. The fraction of sp³-hybridized carbons (Fsp3) is 0.600. The topological polar surface area (TPSA) is 55.4 Å². The van der Waals surface area contributed by atoms with Crippen LogP contribution in [0.5, 0.6) is 5.75 Å². The first-order valence-electron chi connectivity index (χ1n) is 7.09. The minimum atomic E-state index is -3.03. The highest BCUT2D eigenvalue weighted by molar-refractivity contribution is 7.91. The van der Waals surface area contributed by atoms with Crippen LogP contribution in [0.25, 0.3) is 0 Å². The van der Waals surface area contributed by atoms with E-state index in [1.807, 2.05) is 24.3 Å². The maximum atomic E-state index is 11.7. The summed E-state index contributed by atoms with van der Waals surface area (Å²) in [6.45, 7) is 7.49. The second-order valence-electron chi connectivity index (χ2n) is 5.09. The third kappa shape index (κ3) is 5.92. The lowest BCUT2D eigenvalue weighted by Gasteiger charge is -2.10. The zero-order chi connectivity index (χ0) is 15.0. The van der Waals surface area contributed by atoms with E-state index in [0.29, 0.717) is 0 Å². The van der Waals surface area contributed by atoms with Gasteiger partial charge in [0.1, 0.15) is 12.4 Å². The Balaban J connectivity index is 2.46. The van der Waals surface area contributed by atoms with E-state index in [-0.39, 0.29) is 17.6 Å². The average molecular weight is 299 g/mol. The minimum absolute atomic E-state index is 0.0585. The molecule has 0 saturated carbocycles. The number of benzene rings is 1. The van der Waals surface area contributed by atoms with Crippen LogP contribution in [0.4, 0.5) is 0 Å². The molecule has 114 valence electrons.